The zero-order valence-electron chi connectivity index (χ0n) is 38.5. The van der Waals surface area contributed by atoms with Gasteiger partial charge in [-0.3, -0.25) is 0 Å². The van der Waals surface area contributed by atoms with Crippen LogP contribution < -0.4 is 0 Å². The van der Waals surface area contributed by atoms with Crippen LogP contribution in [0.15, 0.2) is 243 Å². The van der Waals surface area contributed by atoms with Crippen molar-refractivity contribution in [3.8, 4) is 44.5 Å². The Balaban J connectivity index is 0.000000142. The van der Waals surface area contributed by atoms with Gasteiger partial charge >= 0.3 is 0 Å². The molecule has 0 N–H and O–H groups in total. The topological polar surface area (TPSA) is 0 Å². The number of rotatable bonds is 6. The smallest absolute Gasteiger partial charge is 0.00204 e. The minimum absolute atomic E-state index is 1.02. The first-order valence-corrected chi connectivity index (χ1v) is 24.1. The summed E-state index contributed by atoms with van der Waals surface area (Å²) in [6.07, 6.45) is 2.04. The van der Waals surface area contributed by atoms with Crippen molar-refractivity contribution in [1.29, 1.82) is 0 Å². The molecule has 0 bridgehead atoms. The van der Waals surface area contributed by atoms with Crippen LogP contribution in [0, 0.1) is 0 Å². The van der Waals surface area contributed by atoms with Gasteiger partial charge in [0.25, 0.3) is 0 Å². The van der Waals surface area contributed by atoms with E-state index in [1.54, 1.807) is 0 Å². The van der Waals surface area contributed by atoms with E-state index in [1.807, 2.05) is 0 Å². The predicted molar refractivity (Wildman–Crippen MR) is 296 cm³/mol. The second-order valence-electron chi connectivity index (χ2n) is 17.9. The fourth-order valence-corrected chi connectivity index (χ4v) is 11.3. The second kappa shape index (κ2) is 17.5. The van der Waals surface area contributed by atoms with Gasteiger partial charge < -0.3 is 0 Å². The van der Waals surface area contributed by atoms with Gasteiger partial charge in [-0.05, 0) is 150 Å². The zero-order valence-corrected chi connectivity index (χ0v) is 38.5. The highest BCUT2D eigenvalue weighted by atomic mass is 14.2. The van der Waals surface area contributed by atoms with E-state index in [2.05, 4.69) is 257 Å². The summed E-state index contributed by atoms with van der Waals surface area (Å²) in [5.41, 5.74) is 13.2. The van der Waals surface area contributed by atoms with E-state index in [0.29, 0.717) is 0 Å². The van der Waals surface area contributed by atoms with Gasteiger partial charge in [-0.1, -0.05) is 250 Å². The monoisotopic (exact) mass is 866 g/mol. The number of fused-ring (bicyclic) bond motifs is 7. The minimum Gasteiger partial charge on any atom is -0.0622 e. The lowest BCUT2D eigenvalue weighted by atomic mass is 9.84. The van der Waals surface area contributed by atoms with Gasteiger partial charge in [-0.25, -0.2) is 0 Å². The van der Waals surface area contributed by atoms with Gasteiger partial charge in [-0.15, -0.1) is 0 Å². The molecule has 0 amide bonds. The van der Waals surface area contributed by atoms with Crippen molar-refractivity contribution < 1.29 is 0 Å². The van der Waals surface area contributed by atoms with Crippen LogP contribution in [-0.2, 0) is 12.8 Å². The van der Waals surface area contributed by atoms with E-state index in [4.69, 9.17) is 0 Å². The molecule has 0 radical (unpaired) electrons. The highest BCUT2D eigenvalue weighted by Crippen LogP contribution is 2.46. The maximum atomic E-state index is 2.34. The molecule has 13 rings (SSSR count). The first kappa shape index (κ1) is 41.1. The van der Waals surface area contributed by atoms with Crippen LogP contribution in [-0.4, -0.2) is 0 Å². The Morgan fingerprint density at radius 1 is 0.221 bits per heavy atom. The summed E-state index contributed by atoms with van der Waals surface area (Å²) in [7, 11) is 0. The van der Waals surface area contributed by atoms with Gasteiger partial charge in [0.15, 0.2) is 0 Å². The average molecular weight is 867 g/mol. The maximum Gasteiger partial charge on any atom is -0.00204 e. The molecule has 0 saturated carbocycles. The molecule has 0 heterocycles. The van der Waals surface area contributed by atoms with Gasteiger partial charge in [0.1, 0.15) is 0 Å². The van der Waals surface area contributed by atoms with Crippen molar-refractivity contribution in [2.45, 2.75) is 26.7 Å². The Bertz CT molecular complexity index is 3930. The third-order valence-corrected chi connectivity index (χ3v) is 14.3. The standard InChI is InChI=1S/C36H26.C32H24/c1-2-27-29-13-7-9-17-33(29)36(34-18-10-8-14-30(27)34)35-22-21-28(31-15-5-6-16-32(31)35)26-20-19-24-11-3-4-12-25(24)23-26;1-2-23-25-14-8-10-18-29(25)32(30-19-11-9-15-26(23)30)31-21-20-24(22-12-4-3-5-13-22)27-16-6-7-17-28(27)31/h3-23H,2H2,1H3;3-21H,2H2,1H3. The van der Waals surface area contributed by atoms with Gasteiger partial charge in [0, 0.05) is 0 Å². The largest absolute Gasteiger partial charge is 0.0622 e. The lowest BCUT2D eigenvalue weighted by molar-refractivity contribution is 1.18. The summed E-state index contributed by atoms with van der Waals surface area (Å²) in [6.45, 7) is 4.53. The molecule has 0 fully saturated rings. The first-order valence-electron chi connectivity index (χ1n) is 24.1. The Kier molecular flexibility index (Phi) is 10.6. The van der Waals surface area contributed by atoms with Crippen LogP contribution in [0.25, 0.3) is 120 Å². The second-order valence-corrected chi connectivity index (χ2v) is 17.9. The molecule has 0 spiro atoms. The normalized spacial score (nSPS) is 11.5. The van der Waals surface area contributed by atoms with Crippen molar-refractivity contribution >= 4 is 75.4 Å². The Morgan fingerprint density at radius 2 is 0.529 bits per heavy atom. The molecule has 0 aliphatic rings. The first-order chi connectivity index (χ1) is 33.7. The van der Waals surface area contributed by atoms with Crippen molar-refractivity contribution in [3.63, 3.8) is 0 Å². The van der Waals surface area contributed by atoms with Crippen molar-refractivity contribution in [2.75, 3.05) is 0 Å². The lowest BCUT2D eigenvalue weighted by Crippen LogP contribution is -1.93. The molecule has 13 aromatic rings. The number of benzene rings is 13. The molecule has 0 saturated heterocycles. The molecule has 0 atom stereocenters. The zero-order chi connectivity index (χ0) is 45.6. The highest BCUT2D eigenvalue weighted by molar-refractivity contribution is 6.21. The molecule has 0 aliphatic carbocycles. The third kappa shape index (κ3) is 6.92. The van der Waals surface area contributed by atoms with E-state index in [1.165, 1.54) is 131 Å². The summed E-state index contributed by atoms with van der Waals surface area (Å²) < 4.78 is 0. The Labute approximate surface area is 398 Å². The molecule has 68 heavy (non-hydrogen) atoms. The number of hydrogen-bond acceptors (Lipinski definition) is 0. The summed E-state index contributed by atoms with van der Waals surface area (Å²) in [5.74, 6) is 0. The van der Waals surface area contributed by atoms with Crippen LogP contribution in [0.2, 0.25) is 0 Å². The number of hydrogen-bond donors (Lipinski definition) is 0. The van der Waals surface area contributed by atoms with Crippen LogP contribution in [0.4, 0.5) is 0 Å². The average Bonchev–Trinajstić information content (AvgIpc) is 3.41. The molecule has 322 valence electrons. The van der Waals surface area contributed by atoms with Gasteiger partial charge in [0.2, 0.25) is 0 Å². The molecule has 0 unspecified atom stereocenters. The van der Waals surface area contributed by atoms with E-state index in [9.17, 15) is 0 Å². The summed E-state index contributed by atoms with van der Waals surface area (Å²) in [6, 6.07) is 88.7. The quantitative estimate of drug-likeness (QED) is 0.146. The summed E-state index contributed by atoms with van der Waals surface area (Å²) >= 11 is 0. The molecular formula is C68H50. The third-order valence-electron chi connectivity index (χ3n) is 14.3. The van der Waals surface area contributed by atoms with E-state index >= 15 is 0 Å². The highest BCUT2D eigenvalue weighted by Gasteiger charge is 2.19. The van der Waals surface area contributed by atoms with Crippen molar-refractivity contribution in [1.82, 2.24) is 0 Å². The maximum absolute atomic E-state index is 2.34. The summed E-state index contributed by atoms with van der Waals surface area (Å²) in [5, 5.41) is 18.5. The van der Waals surface area contributed by atoms with Gasteiger partial charge in [-0.2, -0.15) is 0 Å². The molecule has 13 aromatic carbocycles. The fraction of sp³-hybridized carbons (Fsp3) is 0.0588. The van der Waals surface area contributed by atoms with Crippen LogP contribution >= 0.6 is 0 Å². The fourth-order valence-electron chi connectivity index (χ4n) is 11.3. The van der Waals surface area contributed by atoms with Gasteiger partial charge in [0.05, 0.1) is 0 Å². The van der Waals surface area contributed by atoms with Crippen LogP contribution in [0.3, 0.4) is 0 Å². The molecule has 0 nitrogen and oxygen atoms in total. The number of aryl methyl sites for hydroxylation is 2. The summed E-state index contributed by atoms with van der Waals surface area (Å²) in [4.78, 5) is 0. The molecule has 0 aliphatic heterocycles. The lowest BCUT2D eigenvalue weighted by Gasteiger charge is -2.19. The predicted octanol–water partition coefficient (Wildman–Crippen LogP) is 19.2. The van der Waals surface area contributed by atoms with E-state index < -0.39 is 0 Å². The molecular weight excluding hydrogens is 817 g/mol. The Hall–Kier alpha value is -8.32. The van der Waals surface area contributed by atoms with Crippen LogP contribution in [0.1, 0.15) is 25.0 Å². The van der Waals surface area contributed by atoms with Crippen molar-refractivity contribution in [3.05, 3.63) is 254 Å². The van der Waals surface area contributed by atoms with Crippen LogP contribution in [0.5, 0.6) is 0 Å². The van der Waals surface area contributed by atoms with E-state index in [-0.39, 0.29) is 0 Å². The minimum atomic E-state index is 1.02. The molecule has 0 heteroatoms. The van der Waals surface area contributed by atoms with Crippen molar-refractivity contribution in [2.24, 2.45) is 0 Å². The SMILES string of the molecule is CCc1c2ccccc2c(-c2ccc(-c3ccc4ccccc4c3)c3ccccc23)c2ccccc12.CCc1c2ccccc2c(-c2ccc(-c3ccccc3)c3ccccc23)c2ccccc12. The Morgan fingerprint density at radius 3 is 0.941 bits per heavy atom. The molecule has 0 aromatic heterocycles. The van der Waals surface area contributed by atoms with E-state index in [0.717, 1.165) is 12.8 Å².